The molecule has 0 spiro atoms. The summed E-state index contributed by atoms with van der Waals surface area (Å²) in [5.41, 5.74) is 4.55. The van der Waals surface area contributed by atoms with Crippen LogP contribution >= 0.6 is 0 Å². The number of carbonyl (C=O) groups is 1. The van der Waals surface area contributed by atoms with E-state index in [1.165, 1.54) is 0 Å². The van der Waals surface area contributed by atoms with Gasteiger partial charge in [-0.15, -0.1) is 0 Å². The van der Waals surface area contributed by atoms with E-state index in [0.717, 1.165) is 40.8 Å². The second-order valence-electron chi connectivity index (χ2n) is 8.13. The fraction of sp³-hybridized carbons (Fsp3) is 0.240. The van der Waals surface area contributed by atoms with Crippen LogP contribution in [0.15, 0.2) is 60.7 Å². The van der Waals surface area contributed by atoms with Gasteiger partial charge in [-0.3, -0.25) is 4.79 Å². The SMILES string of the molecule is Cc1ccc(NC(=O)C2(c3ccc4c(c3)OCO4)CC2)cc1-c1ccc(C(O)O)cc1. The summed E-state index contributed by atoms with van der Waals surface area (Å²) in [5.74, 6) is 1.37. The normalized spacial score (nSPS) is 15.7. The predicted molar refractivity (Wildman–Crippen MR) is 116 cm³/mol. The first-order chi connectivity index (χ1) is 15.0. The number of hydrogen-bond donors (Lipinski definition) is 3. The number of aliphatic hydroxyl groups is 2. The van der Waals surface area contributed by atoms with E-state index in [4.69, 9.17) is 9.47 Å². The Morgan fingerprint density at radius 3 is 2.42 bits per heavy atom. The third-order valence-electron chi connectivity index (χ3n) is 6.13. The van der Waals surface area contributed by atoms with Crippen LogP contribution in [-0.2, 0) is 10.2 Å². The predicted octanol–water partition coefficient (Wildman–Crippen LogP) is 4.04. The summed E-state index contributed by atoms with van der Waals surface area (Å²) in [6.45, 7) is 2.22. The fourth-order valence-corrected chi connectivity index (χ4v) is 4.06. The van der Waals surface area contributed by atoms with E-state index in [1.54, 1.807) is 12.1 Å². The number of benzene rings is 3. The molecule has 6 nitrogen and oxygen atoms in total. The summed E-state index contributed by atoms with van der Waals surface area (Å²) in [7, 11) is 0. The van der Waals surface area contributed by atoms with E-state index in [2.05, 4.69) is 5.32 Å². The summed E-state index contributed by atoms with van der Waals surface area (Å²) in [5, 5.41) is 21.7. The molecule has 1 aliphatic heterocycles. The van der Waals surface area contributed by atoms with Crippen LogP contribution in [0.3, 0.4) is 0 Å². The van der Waals surface area contributed by atoms with Crippen molar-refractivity contribution in [2.24, 2.45) is 0 Å². The van der Waals surface area contributed by atoms with Gasteiger partial charge in [-0.2, -0.15) is 0 Å². The third-order valence-corrected chi connectivity index (χ3v) is 6.13. The molecule has 0 bridgehead atoms. The standard InChI is InChI=1S/C25H23NO5/c1-15-2-8-19(13-20(15)16-3-5-17(6-4-16)23(27)28)26-24(29)25(10-11-25)18-7-9-21-22(12-18)31-14-30-21/h2-9,12-13,23,27-28H,10-11,14H2,1H3,(H,26,29). The van der Waals surface area contributed by atoms with Gasteiger partial charge in [0.2, 0.25) is 12.7 Å². The van der Waals surface area contributed by atoms with Gasteiger partial charge < -0.3 is 25.0 Å². The van der Waals surface area contributed by atoms with Crippen LogP contribution in [0.25, 0.3) is 11.1 Å². The van der Waals surface area contributed by atoms with Gasteiger partial charge in [0.15, 0.2) is 17.8 Å². The highest BCUT2D eigenvalue weighted by Gasteiger charge is 2.51. The Morgan fingerprint density at radius 2 is 1.71 bits per heavy atom. The summed E-state index contributed by atoms with van der Waals surface area (Å²) in [4.78, 5) is 13.2. The van der Waals surface area contributed by atoms with Gasteiger partial charge in [-0.1, -0.05) is 36.4 Å². The van der Waals surface area contributed by atoms with Gasteiger partial charge in [0.25, 0.3) is 0 Å². The number of aryl methyl sites for hydroxylation is 1. The highest BCUT2D eigenvalue weighted by atomic mass is 16.7. The lowest BCUT2D eigenvalue weighted by Crippen LogP contribution is -2.27. The average Bonchev–Trinajstić information content (AvgIpc) is 3.46. The van der Waals surface area contributed by atoms with Crippen LogP contribution in [0.2, 0.25) is 0 Å². The zero-order chi connectivity index (χ0) is 21.6. The van der Waals surface area contributed by atoms with Gasteiger partial charge in [0.05, 0.1) is 5.41 Å². The smallest absolute Gasteiger partial charge is 0.235 e. The quantitative estimate of drug-likeness (QED) is 0.545. The fourth-order valence-electron chi connectivity index (χ4n) is 4.06. The largest absolute Gasteiger partial charge is 0.454 e. The number of fused-ring (bicyclic) bond motifs is 1. The lowest BCUT2D eigenvalue weighted by atomic mass is 9.94. The molecule has 3 aromatic carbocycles. The maximum atomic E-state index is 13.2. The van der Waals surface area contributed by atoms with E-state index >= 15 is 0 Å². The Kier molecular flexibility index (Phi) is 4.68. The Labute approximate surface area is 180 Å². The van der Waals surface area contributed by atoms with Gasteiger partial charge >= 0.3 is 0 Å². The van der Waals surface area contributed by atoms with E-state index < -0.39 is 11.7 Å². The maximum absolute atomic E-state index is 13.2. The highest BCUT2D eigenvalue weighted by molar-refractivity contribution is 6.02. The lowest BCUT2D eigenvalue weighted by molar-refractivity contribution is -0.118. The molecule has 6 heteroatoms. The van der Waals surface area contributed by atoms with Crippen LogP contribution in [0, 0.1) is 6.92 Å². The van der Waals surface area contributed by atoms with Gasteiger partial charge in [0.1, 0.15) is 0 Å². The second-order valence-corrected chi connectivity index (χ2v) is 8.13. The highest BCUT2D eigenvalue weighted by Crippen LogP contribution is 2.51. The molecule has 0 saturated heterocycles. The van der Waals surface area contributed by atoms with Crippen molar-refractivity contribution in [3.63, 3.8) is 0 Å². The van der Waals surface area contributed by atoms with Crippen LogP contribution in [0.5, 0.6) is 11.5 Å². The molecular formula is C25H23NO5. The van der Waals surface area contributed by atoms with Crippen molar-refractivity contribution in [3.8, 4) is 22.6 Å². The topological polar surface area (TPSA) is 88.0 Å². The van der Waals surface area contributed by atoms with Crippen molar-refractivity contribution in [1.29, 1.82) is 0 Å². The molecule has 1 aliphatic carbocycles. The van der Waals surface area contributed by atoms with Gasteiger partial charge in [0, 0.05) is 11.3 Å². The molecule has 0 unspecified atom stereocenters. The van der Waals surface area contributed by atoms with Crippen molar-refractivity contribution < 1.29 is 24.5 Å². The molecule has 31 heavy (non-hydrogen) atoms. The molecule has 1 heterocycles. The average molecular weight is 417 g/mol. The lowest BCUT2D eigenvalue weighted by Gasteiger charge is -2.17. The minimum atomic E-state index is -1.49. The van der Waals surface area contributed by atoms with Crippen molar-refractivity contribution in [2.75, 3.05) is 12.1 Å². The second kappa shape index (κ2) is 7.41. The summed E-state index contributed by atoms with van der Waals surface area (Å²) >= 11 is 0. The van der Waals surface area contributed by atoms with Crippen LogP contribution in [0.4, 0.5) is 5.69 Å². The van der Waals surface area contributed by atoms with Crippen molar-refractivity contribution in [1.82, 2.24) is 0 Å². The van der Waals surface area contributed by atoms with Crippen molar-refractivity contribution in [2.45, 2.75) is 31.5 Å². The number of hydrogen-bond acceptors (Lipinski definition) is 5. The van der Waals surface area contributed by atoms with E-state index in [0.29, 0.717) is 17.1 Å². The van der Waals surface area contributed by atoms with E-state index in [9.17, 15) is 15.0 Å². The molecule has 1 amide bonds. The molecule has 3 aromatic rings. The first-order valence-corrected chi connectivity index (χ1v) is 10.2. The van der Waals surface area contributed by atoms with Crippen LogP contribution in [0.1, 0.15) is 35.8 Å². The van der Waals surface area contributed by atoms with E-state index in [1.807, 2.05) is 55.5 Å². The Morgan fingerprint density at radius 1 is 0.968 bits per heavy atom. The Bertz CT molecular complexity index is 1150. The first kappa shape index (κ1) is 19.6. The molecular weight excluding hydrogens is 394 g/mol. The van der Waals surface area contributed by atoms with Crippen molar-refractivity contribution >= 4 is 11.6 Å². The number of rotatable bonds is 5. The van der Waals surface area contributed by atoms with Crippen LogP contribution in [-0.4, -0.2) is 22.9 Å². The van der Waals surface area contributed by atoms with Gasteiger partial charge in [-0.25, -0.2) is 0 Å². The summed E-state index contributed by atoms with van der Waals surface area (Å²) in [6.07, 6.45) is 0.0938. The zero-order valence-corrected chi connectivity index (χ0v) is 17.1. The maximum Gasteiger partial charge on any atom is 0.235 e. The first-order valence-electron chi connectivity index (χ1n) is 10.2. The Balaban J connectivity index is 1.39. The molecule has 5 rings (SSSR count). The third kappa shape index (κ3) is 3.54. The summed E-state index contributed by atoms with van der Waals surface area (Å²) in [6, 6.07) is 18.6. The van der Waals surface area contributed by atoms with Gasteiger partial charge in [-0.05, 0) is 66.3 Å². The minimum absolute atomic E-state index is 0.0279. The number of anilines is 1. The molecule has 3 N–H and O–H groups in total. The molecule has 2 aliphatic rings. The van der Waals surface area contributed by atoms with Crippen molar-refractivity contribution in [3.05, 3.63) is 77.4 Å². The molecule has 1 fully saturated rings. The molecule has 1 saturated carbocycles. The molecule has 0 radical (unpaired) electrons. The zero-order valence-electron chi connectivity index (χ0n) is 17.1. The number of amides is 1. The summed E-state index contributed by atoms with van der Waals surface area (Å²) < 4.78 is 10.9. The van der Waals surface area contributed by atoms with E-state index in [-0.39, 0.29) is 12.7 Å². The number of nitrogens with one attached hydrogen (secondary N) is 1. The molecule has 0 atom stereocenters. The number of ether oxygens (including phenoxy) is 2. The Hall–Kier alpha value is -3.35. The monoisotopic (exact) mass is 417 g/mol. The number of aliphatic hydroxyl groups excluding tert-OH is 1. The molecule has 0 aromatic heterocycles. The minimum Gasteiger partial charge on any atom is -0.454 e. The number of carbonyl (C=O) groups excluding carboxylic acids is 1. The molecule has 158 valence electrons. The van der Waals surface area contributed by atoms with Crippen LogP contribution < -0.4 is 14.8 Å².